The molecule has 12 rings (SSSR count). The van der Waals surface area contributed by atoms with Gasteiger partial charge in [0, 0.05) is 44.2 Å². The molecule has 2 aromatic heterocycles. The Kier molecular flexibility index (Phi) is 5.84. The summed E-state index contributed by atoms with van der Waals surface area (Å²) in [6, 6.07) is 52.2. The van der Waals surface area contributed by atoms with Crippen molar-refractivity contribution in [2.24, 2.45) is 0 Å². The Balaban J connectivity index is 1.30. The normalized spacial score (nSPS) is 16.2. The second kappa shape index (κ2) is 10.4. The minimum atomic E-state index is 0.00432. The van der Waals surface area contributed by atoms with E-state index in [2.05, 4.69) is 177 Å². The topological polar surface area (TPSA) is 21.3 Å². The van der Waals surface area contributed by atoms with Gasteiger partial charge in [-0.05, 0) is 123 Å². The first kappa shape index (κ1) is 30.5. The van der Waals surface area contributed by atoms with E-state index in [-0.39, 0.29) is 17.7 Å². The Morgan fingerprint density at radius 1 is 0.556 bits per heavy atom. The minimum absolute atomic E-state index is 0.00432. The van der Waals surface area contributed by atoms with Gasteiger partial charge in [0.25, 0.3) is 0 Å². The zero-order chi connectivity index (χ0) is 36.1. The van der Waals surface area contributed by atoms with E-state index in [4.69, 9.17) is 4.42 Å². The van der Waals surface area contributed by atoms with E-state index in [1.807, 2.05) is 0 Å². The molecule has 0 atom stereocenters. The van der Waals surface area contributed by atoms with Crippen molar-refractivity contribution in [1.29, 1.82) is 0 Å². The quantitative estimate of drug-likeness (QED) is 0.168. The average molecular weight is 695 g/mol. The van der Waals surface area contributed by atoms with Crippen LogP contribution < -0.4 is 15.7 Å². The number of aromatic nitrogens is 1. The largest absolute Gasteiger partial charge is 0.456 e. The first-order valence-electron chi connectivity index (χ1n) is 19.4. The predicted octanol–water partition coefficient (Wildman–Crippen LogP) is 11.9. The lowest BCUT2D eigenvalue weighted by atomic mass is 9.44. The molecule has 0 spiro atoms. The van der Waals surface area contributed by atoms with Gasteiger partial charge in [-0.15, -0.1) is 0 Å². The predicted molar refractivity (Wildman–Crippen MR) is 228 cm³/mol. The van der Waals surface area contributed by atoms with Gasteiger partial charge in [0.15, 0.2) is 0 Å². The molecule has 1 aliphatic carbocycles. The lowest BCUT2D eigenvalue weighted by Gasteiger charge is -2.42. The van der Waals surface area contributed by atoms with Crippen LogP contribution in [0.2, 0.25) is 0 Å². The second-order valence-corrected chi connectivity index (χ2v) is 17.1. The number of anilines is 2. The highest BCUT2D eigenvalue weighted by Gasteiger charge is 2.45. The molecule has 0 amide bonds. The number of para-hydroxylation sites is 4. The van der Waals surface area contributed by atoms with E-state index in [1.54, 1.807) is 0 Å². The van der Waals surface area contributed by atoms with E-state index in [9.17, 15) is 0 Å². The zero-order valence-electron chi connectivity index (χ0n) is 31.1. The Labute approximate surface area is 315 Å². The molecule has 4 heteroatoms. The fourth-order valence-electron chi connectivity index (χ4n) is 10.4. The number of nitrogens with zero attached hydrogens (tertiary/aromatic N) is 2. The molecule has 54 heavy (non-hydrogen) atoms. The van der Waals surface area contributed by atoms with Crippen LogP contribution in [-0.2, 0) is 10.8 Å². The number of furan rings is 1. The van der Waals surface area contributed by atoms with Crippen LogP contribution in [0.15, 0.2) is 144 Å². The van der Waals surface area contributed by atoms with Gasteiger partial charge < -0.3 is 13.8 Å². The summed E-state index contributed by atoms with van der Waals surface area (Å²) in [4.78, 5) is 2.59. The molecule has 0 bridgehead atoms. The first-order chi connectivity index (χ1) is 26.3. The summed E-state index contributed by atoms with van der Waals surface area (Å²) in [7, 11) is 0. The third-order valence-electron chi connectivity index (χ3n) is 13.2. The molecule has 0 N–H and O–H groups in total. The molecule has 0 saturated carbocycles. The maximum absolute atomic E-state index is 6.35. The lowest BCUT2D eigenvalue weighted by Crippen LogP contribution is -2.60. The minimum Gasteiger partial charge on any atom is -0.456 e. The SMILES string of the molecule is CC1(C)CCC(C)(C)c2cc3c(cc21)c1c(-c2ccc4oc5ccccc5c4c2)cc2c4c1n3-c1ccccc1B4N(c1ccccc1)c1ccccc1-2. The van der Waals surface area contributed by atoms with Crippen molar-refractivity contribution in [3.8, 4) is 27.9 Å². The molecular formula is C50H39BN2O. The van der Waals surface area contributed by atoms with Crippen LogP contribution in [0, 0.1) is 0 Å². The number of rotatable bonds is 2. The number of hydrogen-bond donors (Lipinski definition) is 0. The Bertz CT molecular complexity index is 3070. The van der Waals surface area contributed by atoms with Crippen molar-refractivity contribution < 1.29 is 4.42 Å². The van der Waals surface area contributed by atoms with Gasteiger partial charge in [-0.25, -0.2) is 0 Å². The van der Waals surface area contributed by atoms with E-state index in [0.717, 1.165) is 21.9 Å². The van der Waals surface area contributed by atoms with E-state index in [1.165, 1.54) is 96.0 Å². The molecule has 258 valence electrons. The van der Waals surface area contributed by atoms with Crippen LogP contribution in [0.1, 0.15) is 51.7 Å². The third-order valence-corrected chi connectivity index (χ3v) is 13.2. The average Bonchev–Trinajstić information content (AvgIpc) is 3.74. The molecule has 9 aromatic rings. The Morgan fingerprint density at radius 3 is 2.07 bits per heavy atom. The Hall–Kier alpha value is -6.00. The summed E-state index contributed by atoms with van der Waals surface area (Å²) in [6.45, 7) is 9.80. The summed E-state index contributed by atoms with van der Waals surface area (Å²) in [6.07, 6.45) is 2.36. The smallest absolute Gasteiger partial charge is 0.333 e. The van der Waals surface area contributed by atoms with E-state index in [0.29, 0.717) is 0 Å². The Morgan fingerprint density at radius 2 is 1.24 bits per heavy atom. The van der Waals surface area contributed by atoms with Crippen LogP contribution in [-0.4, -0.2) is 11.4 Å². The molecular weight excluding hydrogens is 655 g/mol. The van der Waals surface area contributed by atoms with Gasteiger partial charge in [0.05, 0.1) is 11.0 Å². The van der Waals surface area contributed by atoms with E-state index >= 15 is 0 Å². The monoisotopic (exact) mass is 694 g/mol. The molecule has 7 aromatic carbocycles. The van der Waals surface area contributed by atoms with Crippen LogP contribution in [0.3, 0.4) is 0 Å². The summed E-state index contributed by atoms with van der Waals surface area (Å²) < 4.78 is 8.99. The van der Waals surface area contributed by atoms with Gasteiger partial charge in [-0.1, -0.05) is 107 Å². The molecule has 0 saturated heterocycles. The fourth-order valence-corrected chi connectivity index (χ4v) is 10.4. The maximum Gasteiger partial charge on any atom is 0.333 e. The summed E-state index contributed by atoms with van der Waals surface area (Å²) in [5.74, 6) is 0. The highest BCUT2D eigenvalue weighted by atomic mass is 16.3. The van der Waals surface area contributed by atoms with Crippen molar-refractivity contribution in [3.05, 3.63) is 151 Å². The van der Waals surface area contributed by atoms with Gasteiger partial charge in [-0.3, -0.25) is 0 Å². The van der Waals surface area contributed by atoms with Crippen molar-refractivity contribution in [2.75, 3.05) is 4.81 Å². The molecule has 0 unspecified atom stereocenters. The van der Waals surface area contributed by atoms with Crippen LogP contribution in [0.4, 0.5) is 11.4 Å². The third kappa shape index (κ3) is 3.88. The maximum atomic E-state index is 6.35. The van der Waals surface area contributed by atoms with E-state index < -0.39 is 0 Å². The summed E-state index contributed by atoms with van der Waals surface area (Å²) in [5.41, 5.74) is 19.1. The standard InChI is InChI=1S/C50H39BN2O/c1-49(2)24-25-50(3,4)39-29-43-37(28-38(39)49)46-34(30-22-23-45-35(26-30)33-17-9-13-21-44(33)54-45)27-36-32-16-8-11-19-41(32)53(31-14-6-5-7-15-31)51-40-18-10-12-20-42(40)52(43)48(46)47(36)51/h5-23,26-29H,24-25H2,1-4H3. The van der Waals surface area contributed by atoms with Crippen molar-refractivity contribution >= 4 is 72.9 Å². The van der Waals surface area contributed by atoms with Gasteiger partial charge in [0.1, 0.15) is 11.2 Å². The molecule has 3 nitrogen and oxygen atoms in total. The lowest BCUT2D eigenvalue weighted by molar-refractivity contribution is 0.332. The molecule has 0 fully saturated rings. The zero-order valence-corrected chi connectivity index (χ0v) is 31.1. The highest BCUT2D eigenvalue weighted by Crippen LogP contribution is 2.52. The van der Waals surface area contributed by atoms with Crippen molar-refractivity contribution in [1.82, 2.24) is 4.57 Å². The fraction of sp³-hybridized carbons (Fsp3) is 0.160. The number of hydrogen-bond acceptors (Lipinski definition) is 2. The molecule has 2 aliphatic heterocycles. The van der Waals surface area contributed by atoms with Crippen molar-refractivity contribution in [3.63, 3.8) is 0 Å². The van der Waals surface area contributed by atoms with Crippen LogP contribution in [0.25, 0.3) is 71.7 Å². The second-order valence-electron chi connectivity index (χ2n) is 17.1. The molecule has 4 heterocycles. The van der Waals surface area contributed by atoms with Gasteiger partial charge in [0.2, 0.25) is 0 Å². The van der Waals surface area contributed by atoms with Crippen LogP contribution in [0.5, 0.6) is 0 Å². The van der Waals surface area contributed by atoms with Gasteiger partial charge >= 0.3 is 6.85 Å². The number of fused-ring (bicyclic) bond motifs is 12. The van der Waals surface area contributed by atoms with Crippen molar-refractivity contribution in [2.45, 2.75) is 51.4 Å². The molecule has 0 radical (unpaired) electrons. The summed E-state index contributed by atoms with van der Waals surface area (Å²) >= 11 is 0. The molecule has 3 aliphatic rings. The number of benzene rings is 7. The van der Waals surface area contributed by atoms with Crippen LogP contribution >= 0.6 is 0 Å². The summed E-state index contributed by atoms with van der Waals surface area (Å²) in [5, 5.41) is 4.99. The first-order valence-corrected chi connectivity index (χ1v) is 19.4. The highest BCUT2D eigenvalue weighted by molar-refractivity contribution is 6.93. The van der Waals surface area contributed by atoms with Gasteiger partial charge in [-0.2, -0.15) is 0 Å².